The van der Waals surface area contributed by atoms with Crippen molar-refractivity contribution in [3.05, 3.63) is 17.7 Å². The normalized spacial score (nSPS) is 14.7. The SMILES string of the molecule is COc1cc(CCC(=O)NC2CCN(C(=O)C(C)C)CC2)cc(OC)c1OC. The van der Waals surface area contributed by atoms with Gasteiger partial charge in [-0.3, -0.25) is 9.59 Å². The maximum Gasteiger partial charge on any atom is 0.225 e. The molecule has 0 unspecified atom stereocenters. The third kappa shape index (κ3) is 5.53. The monoisotopic (exact) mass is 392 g/mol. The Morgan fingerprint density at radius 2 is 1.64 bits per heavy atom. The van der Waals surface area contributed by atoms with Gasteiger partial charge in [-0.1, -0.05) is 13.8 Å². The van der Waals surface area contributed by atoms with E-state index < -0.39 is 0 Å². The van der Waals surface area contributed by atoms with E-state index in [2.05, 4.69) is 5.32 Å². The van der Waals surface area contributed by atoms with Crippen molar-refractivity contribution in [1.29, 1.82) is 0 Å². The van der Waals surface area contributed by atoms with Gasteiger partial charge < -0.3 is 24.4 Å². The van der Waals surface area contributed by atoms with Crippen molar-refractivity contribution in [2.75, 3.05) is 34.4 Å². The Morgan fingerprint density at radius 3 is 2.11 bits per heavy atom. The summed E-state index contributed by atoms with van der Waals surface area (Å²) < 4.78 is 16.0. The molecule has 156 valence electrons. The van der Waals surface area contributed by atoms with E-state index in [0.717, 1.165) is 18.4 Å². The van der Waals surface area contributed by atoms with Gasteiger partial charge in [0.15, 0.2) is 11.5 Å². The molecule has 7 heteroatoms. The molecule has 0 aromatic heterocycles. The zero-order chi connectivity index (χ0) is 20.7. The molecule has 1 aromatic carbocycles. The summed E-state index contributed by atoms with van der Waals surface area (Å²) in [6, 6.07) is 3.86. The topological polar surface area (TPSA) is 77.1 Å². The van der Waals surface area contributed by atoms with E-state index in [1.165, 1.54) is 0 Å². The molecule has 7 nitrogen and oxygen atoms in total. The molecule has 0 aliphatic carbocycles. The number of aryl methyl sites for hydroxylation is 1. The second-order valence-corrected chi connectivity index (χ2v) is 7.36. The molecule has 0 radical (unpaired) electrons. The first kappa shape index (κ1) is 21.9. The van der Waals surface area contributed by atoms with Gasteiger partial charge in [-0.25, -0.2) is 0 Å². The first-order valence-corrected chi connectivity index (χ1v) is 9.76. The maximum absolute atomic E-state index is 12.4. The number of likely N-dealkylation sites (tertiary alicyclic amines) is 1. The number of carbonyl (C=O) groups is 2. The zero-order valence-electron chi connectivity index (χ0n) is 17.5. The minimum absolute atomic E-state index is 0.0161. The zero-order valence-corrected chi connectivity index (χ0v) is 17.5. The maximum atomic E-state index is 12.4. The lowest BCUT2D eigenvalue weighted by molar-refractivity contribution is -0.135. The van der Waals surface area contributed by atoms with Crippen LogP contribution in [-0.2, 0) is 16.0 Å². The first-order chi connectivity index (χ1) is 13.4. The van der Waals surface area contributed by atoms with Crippen LogP contribution >= 0.6 is 0 Å². The van der Waals surface area contributed by atoms with Crippen molar-refractivity contribution >= 4 is 11.8 Å². The van der Waals surface area contributed by atoms with E-state index in [1.54, 1.807) is 21.3 Å². The molecule has 1 aliphatic heterocycles. The molecule has 0 spiro atoms. The average Bonchev–Trinajstić information content (AvgIpc) is 2.71. The summed E-state index contributed by atoms with van der Waals surface area (Å²) in [6.45, 7) is 5.24. The highest BCUT2D eigenvalue weighted by Gasteiger charge is 2.25. The molecule has 0 saturated carbocycles. The molecular formula is C21H32N2O5. The highest BCUT2D eigenvalue weighted by atomic mass is 16.5. The van der Waals surface area contributed by atoms with E-state index in [1.807, 2.05) is 30.9 Å². The number of methoxy groups -OCH3 is 3. The second-order valence-electron chi connectivity index (χ2n) is 7.36. The Kier molecular flexibility index (Phi) is 7.96. The number of rotatable bonds is 8. The molecule has 1 aliphatic rings. The summed E-state index contributed by atoms with van der Waals surface area (Å²) in [4.78, 5) is 26.3. The number of nitrogens with one attached hydrogen (secondary N) is 1. The van der Waals surface area contributed by atoms with Gasteiger partial charge in [-0.15, -0.1) is 0 Å². The first-order valence-electron chi connectivity index (χ1n) is 9.76. The summed E-state index contributed by atoms with van der Waals surface area (Å²) in [5.74, 6) is 1.93. The minimum Gasteiger partial charge on any atom is -0.493 e. The van der Waals surface area contributed by atoms with Crippen molar-refractivity contribution in [3.63, 3.8) is 0 Å². The Morgan fingerprint density at radius 1 is 1.07 bits per heavy atom. The van der Waals surface area contributed by atoms with Crippen molar-refractivity contribution in [1.82, 2.24) is 10.2 Å². The smallest absolute Gasteiger partial charge is 0.225 e. The second kappa shape index (κ2) is 10.2. The van der Waals surface area contributed by atoms with Crippen LogP contribution in [0.3, 0.4) is 0 Å². The molecule has 1 heterocycles. The number of piperidine rings is 1. The van der Waals surface area contributed by atoms with Crippen LogP contribution in [-0.4, -0.2) is 57.2 Å². The van der Waals surface area contributed by atoms with Crippen molar-refractivity contribution in [2.45, 2.75) is 45.6 Å². The lowest BCUT2D eigenvalue weighted by Crippen LogP contribution is -2.47. The summed E-state index contributed by atoms with van der Waals surface area (Å²) in [5.41, 5.74) is 0.946. The third-order valence-corrected chi connectivity index (χ3v) is 5.03. The molecule has 0 bridgehead atoms. The van der Waals surface area contributed by atoms with Gasteiger partial charge in [0.05, 0.1) is 21.3 Å². The highest BCUT2D eigenvalue weighted by molar-refractivity contribution is 5.78. The summed E-state index contributed by atoms with van der Waals surface area (Å²) in [5, 5.41) is 3.09. The summed E-state index contributed by atoms with van der Waals surface area (Å²) in [6.07, 6.45) is 2.56. The van der Waals surface area contributed by atoms with E-state index in [4.69, 9.17) is 14.2 Å². The molecule has 1 aromatic rings. The van der Waals surface area contributed by atoms with Crippen LogP contribution in [0, 0.1) is 5.92 Å². The van der Waals surface area contributed by atoms with E-state index in [9.17, 15) is 9.59 Å². The fourth-order valence-corrected chi connectivity index (χ4v) is 3.45. The van der Waals surface area contributed by atoms with Crippen molar-refractivity contribution in [2.24, 2.45) is 5.92 Å². The molecule has 28 heavy (non-hydrogen) atoms. The Hall–Kier alpha value is -2.44. The van der Waals surface area contributed by atoms with Gasteiger partial charge in [0.25, 0.3) is 0 Å². The van der Waals surface area contributed by atoms with Crippen LogP contribution in [0.1, 0.15) is 38.7 Å². The summed E-state index contributed by atoms with van der Waals surface area (Å²) >= 11 is 0. The molecule has 0 atom stereocenters. The summed E-state index contributed by atoms with van der Waals surface area (Å²) in [7, 11) is 4.71. The van der Waals surface area contributed by atoms with Gasteiger partial charge in [0.2, 0.25) is 17.6 Å². The van der Waals surface area contributed by atoms with Gasteiger partial charge in [0, 0.05) is 31.5 Å². The number of carbonyl (C=O) groups excluding carboxylic acids is 2. The predicted octanol–water partition coefficient (Wildman–Crippen LogP) is 2.41. The Labute approximate surface area is 167 Å². The molecule has 1 N–H and O–H groups in total. The lowest BCUT2D eigenvalue weighted by Gasteiger charge is -2.33. The van der Waals surface area contributed by atoms with Crippen molar-refractivity contribution in [3.8, 4) is 17.2 Å². The number of nitrogens with zero attached hydrogens (tertiary/aromatic N) is 1. The molecule has 2 rings (SSSR count). The van der Waals surface area contributed by atoms with Crippen molar-refractivity contribution < 1.29 is 23.8 Å². The van der Waals surface area contributed by atoms with Crippen LogP contribution in [0.2, 0.25) is 0 Å². The highest BCUT2D eigenvalue weighted by Crippen LogP contribution is 2.38. The molecular weight excluding hydrogens is 360 g/mol. The molecule has 2 amide bonds. The average molecular weight is 392 g/mol. The lowest BCUT2D eigenvalue weighted by atomic mass is 10.0. The van der Waals surface area contributed by atoms with Crippen LogP contribution in [0.5, 0.6) is 17.2 Å². The van der Waals surface area contributed by atoms with E-state index >= 15 is 0 Å². The quantitative estimate of drug-likeness (QED) is 0.735. The standard InChI is InChI=1S/C21H32N2O5/c1-14(2)21(25)23-10-8-16(9-11-23)22-19(24)7-6-15-12-17(26-3)20(28-5)18(13-15)27-4/h12-14,16H,6-11H2,1-5H3,(H,22,24). The van der Waals surface area contributed by atoms with Gasteiger partial charge >= 0.3 is 0 Å². The molecule has 1 saturated heterocycles. The van der Waals surface area contributed by atoms with Gasteiger partial charge in [0.1, 0.15) is 0 Å². The Balaban J connectivity index is 1.86. The number of ether oxygens (including phenoxy) is 3. The largest absolute Gasteiger partial charge is 0.493 e. The van der Waals surface area contributed by atoms with Crippen LogP contribution in [0.4, 0.5) is 0 Å². The minimum atomic E-state index is 0.0161. The number of hydrogen-bond acceptors (Lipinski definition) is 5. The van der Waals surface area contributed by atoms with Crippen LogP contribution < -0.4 is 19.5 Å². The van der Waals surface area contributed by atoms with E-state index in [-0.39, 0.29) is 23.8 Å². The predicted molar refractivity (Wildman–Crippen MR) is 107 cm³/mol. The number of amides is 2. The fraction of sp³-hybridized carbons (Fsp3) is 0.619. The molecule has 1 fully saturated rings. The van der Waals surface area contributed by atoms with E-state index in [0.29, 0.717) is 43.2 Å². The number of benzene rings is 1. The van der Waals surface area contributed by atoms with Crippen LogP contribution in [0.15, 0.2) is 12.1 Å². The fourth-order valence-electron chi connectivity index (χ4n) is 3.45. The van der Waals surface area contributed by atoms with Gasteiger partial charge in [-0.2, -0.15) is 0 Å². The van der Waals surface area contributed by atoms with Gasteiger partial charge in [-0.05, 0) is 37.0 Å². The third-order valence-electron chi connectivity index (χ3n) is 5.03. The van der Waals surface area contributed by atoms with Crippen LogP contribution in [0.25, 0.3) is 0 Å². The number of hydrogen-bond donors (Lipinski definition) is 1. The Bertz CT molecular complexity index is 656.